The summed E-state index contributed by atoms with van der Waals surface area (Å²) < 4.78 is 16.3. The Hall–Kier alpha value is -3.92. The summed E-state index contributed by atoms with van der Waals surface area (Å²) in [7, 11) is 0. The summed E-state index contributed by atoms with van der Waals surface area (Å²) >= 11 is 1.34. The van der Waals surface area contributed by atoms with E-state index in [1.54, 1.807) is 36.7 Å². The second-order valence-corrected chi connectivity index (χ2v) is 8.14. The fourth-order valence-corrected chi connectivity index (χ4v) is 3.66. The van der Waals surface area contributed by atoms with E-state index in [1.807, 2.05) is 38.1 Å². The van der Waals surface area contributed by atoms with E-state index in [1.165, 1.54) is 11.3 Å². The minimum atomic E-state index is -0.314. The van der Waals surface area contributed by atoms with Crippen molar-refractivity contribution in [1.29, 1.82) is 0 Å². The summed E-state index contributed by atoms with van der Waals surface area (Å²) in [6, 6.07) is 12.9. The summed E-state index contributed by atoms with van der Waals surface area (Å²) in [6.45, 7) is 6.18. The normalized spacial score (nSPS) is 10.7. The molecule has 0 unspecified atom stereocenters. The van der Waals surface area contributed by atoms with Crippen molar-refractivity contribution in [2.45, 2.75) is 27.2 Å². The lowest BCUT2D eigenvalue weighted by molar-refractivity contribution is -0.142. The van der Waals surface area contributed by atoms with Gasteiger partial charge in [0, 0.05) is 11.1 Å². The molecule has 0 aliphatic heterocycles. The monoisotopic (exact) mass is 496 g/mol. The van der Waals surface area contributed by atoms with Crippen LogP contribution in [0.4, 0.5) is 10.8 Å². The van der Waals surface area contributed by atoms with Gasteiger partial charge in [-0.2, -0.15) is 5.10 Å². The molecule has 1 aromatic heterocycles. The molecular weight excluding hydrogens is 468 g/mol. The Morgan fingerprint density at radius 1 is 1.09 bits per heavy atom. The van der Waals surface area contributed by atoms with Crippen molar-refractivity contribution in [2.24, 2.45) is 5.10 Å². The van der Waals surface area contributed by atoms with Gasteiger partial charge < -0.3 is 19.5 Å². The first-order valence-electron chi connectivity index (χ1n) is 11.1. The molecule has 9 nitrogen and oxygen atoms in total. The number of nitrogens with zero attached hydrogens (tertiary/aromatic N) is 2. The van der Waals surface area contributed by atoms with Crippen LogP contribution in [-0.2, 0) is 20.7 Å². The predicted octanol–water partition coefficient (Wildman–Crippen LogP) is 4.42. The maximum Gasteiger partial charge on any atom is 0.311 e. The first-order valence-corrected chi connectivity index (χ1v) is 12.0. The van der Waals surface area contributed by atoms with E-state index in [4.69, 9.17) is 14.2 Å². The first-order chi connectivity index (χ1) is 17.0. The van der Waals surface area contributed by atoms with Crippen LogP contribution in [0.2, 0.25) is 0 Å². The topological polar surface area (TPSA) is 111 Å². The number of aromatic nitrogens is 1. The van der Waals surface area contributed by atoms with Crippen molar-refractivity contribution in [3.05, 3.63) is 64.7 Å². The highest BCUT2D eigenvalue weighted by Crippen LogP contribution is 2.28. The number of rotatable bonds is 12. The average molecular weight is 497 g/mol. The fourth-order valence-electron chi connectivity index (χ4n) is 3.00. The highest BCUT2D eigenvalue weighted by atomic mass is 32.1. The Labute approximate surface area is 208 Å². The van der Waals surface area contributed by atoms with Crippen LogP contribution in [0, 0.1) is 6.92 Å². The van der Waals surface area contributed by atoms with Crippen LogP contribution in [0.15, 0.2) is 52.9 Å². The Kier molecular flexibility index (Phi) is 9.61. The van der Waals surface area contributed by atoms with Gasteiger partial charge in [-0.1, -0.05) is 18.2 Å². The third-order valence-electron chi connectivity index (χ3n) is 4.60. The second kappa shape index (κ2) is 13.1. The molecule has 10 heteroatoms. The quantitative estimate of drug-likeness (QED) is 0.217. The molecule has 3 aromatic rings. The van der Waals surface area contributed by atoms with E-state index in [2.05, 4.69) is 20.8 Å². The number of carbonyl (C=O) groups excluding carboxylic acids is 2. The molecule has 35 heavy (non-hydrogen) atoms. The van der Waals surface area contributed by atoms with Gasteiger partial charge in [0.1, 0.15) is 0 Å². The van der Waals surface area contributed by atoms with Crippen LogP contribution in [-0.4, -0.2) is 42.9 Å². The molecule has 2 N–H and O–H groups in total. The standard InChI is InChI=1S/C25H28N4O5S/c1-4-32-22-12-18(14-26-29-25-27-19(16-35-25)13-24(31)33-5-2)10-11-21(22)34-15-23(30)28-20-9-7-6-8-17(20)3/h6-12,14,16H,4-5,13,15H2,1-3H3,(H,27,29)(H,28,30). The van der Waals surface area contributed by atoms with Gasteiger partial charge in [-0.25, -0.2) is 4.98 Å². The zero-order chi connectivity index (χ0) is 25.0. The Bertz CT molecular complexity index is 1180. The van der Waals surface area contributed by atoms with Gasteiger partial charge in [0.05, 0.1) is 31.5 Å². The van der Waals surface area contributed by atoms with E-state index in [-0.39, 0.29) is 24.9 Å². The number of benzene rings is 2. The number of hydrogen-bond acceptors (Lipinski definition) is 9. The van der Waals surface area contributed by atoms with E-state index in [0.29, 0.717) is 35.5 Å². The largest absolute Gasteiger partial charge is 0.490 e. The highest BCUT2D eigenvalue weighted by Gasteiger charge is 2.11. The Morgan fingerprint density at radius 3 is 2.69 bits per heavy atom. The molecular formula is C25H28N4O5S. The molecule has 0 spiro atoms. The van der Waals surface area contributed by atoms with Crippen LogP contribution in [0.5, 0.6) is 11.5 Å². The fraction of sp³-hybridized carbons (Fsp3) is 0.280. The Morgan fingerprint density at radius 2 is 1.91 bits per heavy atom. The number of ether oxygens (including phenoxy) is 3. The number of carbonyl (C=O) groups is 2. The van der Waals surface area contributed by atoms with Crippen molar-refractivity contribution in [1.82, 2.24) is 4.98 Å². The van der Waals surface area contributed by atoms with Gasteiger partial charge in [0.15, 0.2) is 18.1 Å². The van der Waals surface area contributed by atoms with Crippen molar-refractivity contribution in [3.63, 3.8) is 0 Å². The van der Waals surface area contributed by atoms with Crippen molar-refractivity contribution in [3.8, 4) is 11.5 Å². The highest BCUT2D eigenvalue weighted by molar-refractivity contribution is 7.13. The maximum absolute atomic E-state index is 12.3. The molecule has 0 saturated carbocycles. The molecule has 0 bridgehead atoms. The SMILES string of the molecule is CCOC(=O)Cc1csc(NN=Cc2ccc(OCC(=O)Nc3ccccc3C)c(OCC)c2)n1. The van der Waals surface area contributed by atoms with E-state index in [0.717, 1.165) is 16.8 Å². The molecule has 0 saturated heterocycles. The van der Waals surface area contributed by atoms with Crippen molar-refractivity contribution >= 4 is 40.2 Å². The first kappa shape index (κ1) is 25.7. The summed E-state index contributed by atoms with van der Waals surface area (Å²) in [5.41, 5.74) is 5.96. The molecule has 0 fully saturated rings. The molecule has 0 aliphatic rings. The smallest absolute Gasteiger partial charge is 0.311 e. The number of thiazole rings is 1. The van der Waals surface area contributed by atoms with E-state index < -0.39 is 0 Å². The summed E-state index contributed by atoms with van der Waals surface area (Å²) in [5, 5.41) is 9.38. The zero-order valence-corrected chi connectivity index (χ0v) is 20.7. The number of aryl methyl sites for hydroxylation is 1. The van der Waals surface area contributed by atoms with Gasteiger partial charge in [-0.15, -0.1) is 11.3 Å². The van der Waals surface area contributed by atoms with Gasteiger partial charge in [-0.05, 0) is 56.2 Å². The van der Waals surface area contributed by atoms with Gasteiger partial charge in [0.2, 0.25) is 5.13 Å². The molecule has 2 aromatic carbocycles. The molecule has 3 rings (SSSR count). The van der Waals surface area contributed by atoms with Crippen LogP contribution in [0.3, 0.4) is 0 Å². The van der Waals surface area contributed by atoms with Gasteiger partial charge in [-0.3, -0.25) is 15.0 Å². The number of anilines is 2. The maximum atomic E-state index is 12.3. The second-order valence-electron chi connectivity index (χ2n) is 7.29. The molecule has 184 valence electrons. The van der Waals surface area contributed by atoms with Crippen LogP contribution >= 0.6 is 11.3 Å². The third-order valence-corrected chi connectivity index (χ3v) is 5.40. The molecule has 1 heterocycles. The number of para-hydroxylation sites is 1. The van der Waals surface area contributed by atoms with Crippen molar-refractivity contribution < 1.29 is 23.8 Å². The molecule has 0 atom stereocenters. The number of hydrazone groups is 1. The van der Waals surface area contributed by atoms with E-state index in [9.17, 15) is 9.59 Å². The number of amides is 1. The van der Waals surface area contributed by atoms with Gasteiger partial charge >= 0.3 is 5.97 Å². The minimum absolute atomic E-state index is 0.123. The van der Waals surface area contributed by atoms with Crippen LogP contribution in [0.25, 0.3) is 0 Å². The number of nitrogens with one attached hydrogen (secondary N) is 2. The average Bonchev–Trinajstić information content (AvgIpc) is 3.27. The summed E-state index contributed by atoms with van der Waals surface area (Å²) in [5.74, 6) is 0.389. The zero-order valence-electron chi connectivity index (χ0n) is 19.9. The van der Waals surface area contributed by atoms with Crippen molar-refractivity contribution in [2.75, 3.05) is 30.6 Å². The minimum Gasteiger partial charge on any atom is -0.490 e. The van der Waals surface area contributed by atoms with E-state index >= 15 is 0 Å². The number of esters is 1. The number of hydrogen-bond donors (Lipinski definition) is 2. The van der Waals surface area contributed by atoms with Gasteiger partial charge in [0.25, 0.3) is 5.91 Å². The lowest BCUT2D eigenvalue weighted by atomic mass is 10.2. The summed E-state index contributed by atoms with van der Waals surface area (Å²) in [6.07, 6.45) is 1.74. The molecule has 0 radical (unpaired) electrons. The predicted molar refractivity (Wildman–Crippen MR) is 137 cm³/mol. The summed E-state index contributed by atoms with van der Waals surface area (Å²) in [4.78, 5) is 28.2. The molecule has 0 aliphatic carbocycles. The molecule has 1 amide bonds. The van der Waals surface area contributed by atoms with Crippen LogP contribution < -0.4 is 20.2 Å². The lowest BCUT2D eigenvalue weighted by Crippen LogP contribution is -2.20. The Balaban J connectivity index is 1.57. The third kappa shape index (κ3) is 8.11. The van der Waals surface area contributed by atoms with Crippen LogP contribution in [0.1, 0.15) is 30.7 Å². The lowest BCUT2D eigenvalue weighted by Gasteiger charge is -2.13.